The Bertz CT molecular complexity index is 2060. The zero-order chi connectivity index (χ0) is 38.3. The van der Waals surface area contributed by atoms with Crippen LogP contribution in [0.5, 0.6) is 0 Å². The SMILES string of the molecule is Cc1ncnc(C)c1C(=N)N1CCC(C)(N2CCC(N(Cc3ccccc3)c3ccc(CNS(=O)(=O)CCNS(=O)(=O)c4ccccc4)cc3)CC2)CC1. The normalized spacial score (nSPS) is 17.0. The van der Waals surface area contributed by atoms with Gasteiger partial charge in [0.25, 0.3) is 0 Å². The second-order valence-electron chi connectivity index (χ2n) is 14.6. The zero-order valence-corrected chi connectivity index (χ0v) is 33.0. The maximum atomic E-state index is 12.7. The number of benzene rings is 3. The quantitative estimate of drug-likeness (QED) is 0.121. The van der Waals surface area contributed by atoms with Crippen molar-refractivity contribution in [2.45, 2.75) is 76.0 Å². The van der Waals surface area contributed by atoms with Crippen molar-refractivity contribution < 1.29 is 16.8 Å². The van der Waals surface area contributed by atoms with Gasteiger partial charge >= 0.3 is 0 Å². The summed E-state index contributed by atoms with van der Waals surface area (Å²) < 4.78 is 55.4. The summed E-state index contributed by atoms with van der Waals surface area (Å²) >= 11 is 0. The maximum absolute atomic E-state index is 12.7. The van der Waals surface area contributed by atoms with Crippen LogP contribution in [0.4, 0.5) is 5.69 Å². The van der Waals surface area contributed by atoms with E-state index in [-0.39, 0.29) is 29.3 Å². The molecule has 3 aromatic carbocycles. The van der Waals surface area contributed by atoms with Crippen LogP contribution in [0.3, 0.4) is 0 Å². The zero-order valence-electron chi connectivity index (χ0n) is 31.4. The highest BCUT2D eigenvalue weighted by molar-refractivity contribution is 7.90. The number of sulfonamides is 2. The first kappa shape index (κ1) is 39.5. The van der Waals surface area contributed by atoms with Crippen molar-refractivity contribution in [1.29, 1.82) is 5.41 Å². The number of rotatable bonds is 14. The molecule has 1 aromatic heterocycles. The molecule has 3 heterocycles. The Morgan fingerprint density at radius 1 is 0.815 bits per heavy atom. The Hall–Kier alpha value is -4.21. The molecule has 6 rings (SSSR count). The molecule has 0 amide bonds. The third kappa shape index (κ3) is 9.71. The number of hydrogen-bond acceptors (Lipinski definition) is 9. The molecule has 2 aliphatic rings. The van der Waals surface area contributed by atoms with Gasteiger partial charge in [-0.3, -0.25) is 10.3 Å². The van der Waals surface area contributed by atoms with Gasteiger partial charge in [0.1, 0.15) is 12.2 Å². The van der Waals surface area contributed by atoms with Gasteiger partial charge in [0, 0.05) is 63.1 Å². The fourth-order valence-electron chi connectivity index (χ4n) is 7.61. The van der Waals surface area contributed by atoms with Gasteiger partial charge in [-0.05, 0) is 81.8 Å². The van der Waals surface area contributed by atoms with E-state index in [0.717, 1.165) is 86.6 Å². The van der Waals surface area contributed by atoms with E-state index in [0.29, 0.717) is 11.9 Å². The Kier molecular flexibility index (Phi) is 12.5. The Morgan fingerprint density at radius 3 is 2.02 bits per heavy atom. The molecular formula is C40H52N8O4S2. The van der Waals surface area contributed by atoms with Crippen molar-refractivity contribution in [3.05, 3.63) is 119 Å². The molecule has 0 unspecified atom stereocenters. The molecule has 0 radical (unpaired) electrons. The predicted molar refractivity (Wildman–Crippen MR) is 213 cm³/mol. The van der Waals surface area contributed by atoms with E-state index in [1.165, 1.54) is 17.7 Å². The van der Waals surface area contributed by atoms with Gasteiger partial charge in [0.2, 0.25) is 20.0 Å². The van der Waals surface area contributed by atoms with E-state index in [9.17, 15) is 16.8 Å². The van der Waals surface area contributed by atoms with E-state index in [2.05, 4.69) is 77.4 Å². The Labute approximate surface area is 320 Å². The van der Waals surface area contributed by atoms with Crippen LogP contribution in [0.1, 0.15) is 60.7 Å². The fraction of sp³-hybridized carbons (Fsp3) is 0.425. The molecule has 54 heavy (non-hydrogen) atoms. The number of piperidine rings is 2. The van der Waals surface area contributed by atoms with E-state index >= 15 is 0 Å². The molecule has 0 saturated carbocycles. The van der Waals surface area contributed by atoms with Crippen molar-refractivity contribution in [3.8, 4) is 0 Å². The average molecular weight is 773 g/mol. The molecule has 3 N–H and O–H groups in total. The lowest BCUT2D eigenvalue weighted by molar-refractivity contribution is 0.0316. The van der Waals surface area contributed by atoms with Gasteiger partial charge in [0.15, 0.2) is 0 Å². The summed E-state index contributed by atoms with van der Waals surface area (Å²) in [7, 11) is -7.51. The van der Waals surface area contributed by atoms with Crippen molar-refractivity contribution in [2.75, 3.05) is 43.4 Å². The van der Waals surface area contributed by atoms with E-state index in [4.69, 9.17) is 5.41 Å². The first-order valence-corrected chi connectivity index (χ1v) is 21.8. The van der Waals surface area contributed by atoms with Gasteiger partial charge in [-0.15, -0.1) is 0 Å². The Morgan fingerprint density at radius 2 is 1.41 bits per heavy atom. The largest absolute Gasteiger partial charge is 0.364 e. The minimum absolute atomic E-state index is 0.0739. The van der Waals surface area contributed by atoms with Gasteiger partial charge in [0.05, 0.1) is 27.6 Å². The molecule has 2 aliphatic heterocycles. The maximum Gasteiger partial charge on any atom is 0.240 e. The van der Waals surface area contributed by atoms with Gasteiger partial charge < -0.3 is 9.80 Å². The summed E-state index contributed by atoms with van der Waals surface area (Å²) in [5.74, 6) is 0.153. The van der Waals surface area contributed by atoms with Gasteiger partial charge in [-0.1, -0.05) is 60.7 Å². The van der Waals surface area contributed by atoms with E-state index in [1.807, 2.05) is 32.0 Å². The van der Waals surface area contributed by atoms with Gasteiger partial charge in [-0.25, -0.2) is 36.2 Å². The molecule has 2 saturated heterocycles. The number of nitrogens with one attached hydrogen (secondary N) is 3. The predicted octanol–water partition coefficient (Wildman–Crippen LogP) is 4.84. The lowest BCUT2D eigenvalue weighted by atomic mass is 9.85. The van der Waals surface area contributed by atoms with Crippen LogP contribution in [0.25, 0.3) is 0 Å². The molecular weight excluding hydrogens is 721 g/mol. The third-order valence-electron chi connectivity index (χ3n) is 11.0. The second kappa shape index (κ2) is 17.1. The number of aromatic nitrogens is 2. The number of anilines is 1. The average Bonchev–Trinajstić information content (AvgIpc) is 3.17. The lowest BCUT2D eigenvalue weighted by Gasteiger charge is -2.51. The second-order valence-corrected chi connectivity index (χ2v) is 18.3. The number of aryl methyl sites for hydroxylation is 2. The number of likely N-dealkylation sites (tertiary alicyclic amines) is 2. The molecule has 4 aromatic rings. The molecule has 0 bridgehead atoms. The molecule has 0 atom stereocenters. The fourth-order valence-corrected chi connectivity index (χ4v) is 9.70. The third-order valence-corrected chi connectivity index (χ3v) is 13.8. The molecule has 12 nitrogen and oxygen atoms in total. The smallest absolute Gasteiger partial charge is 0.240 e. The topological polar surface area (TPSA) is 152 Å². The monoisotopic (exact) mass is 772 g/mol. The summed E-state index contributed by atoms with van der Waals surface area (Å²) in [6, 6.07) is 26.8. The summed E-state index contributed by atoms with van der Waals surface area (Å²) in [4.78, 5) is 16.1. The summed E-state index contributed by atoms with van der Waals surface area (Å²) in [5.41, 5.74) is 5.76. The van der Waals surface area contributed by atoms with E-state index in [1.54, 1.807) is 24.5 Å². The molecule has 14 heteroatoms. The van der Waals surface area contributed by atoms with Crippen LogP contribution in [-0.2, 0) is 33.1 Å². The van der Waals surface area contributed by atoms with Crippen molar-refractivity contribution >= 4 is 31.6 Å². The highest BCUT2D eigenvalue weighted by atomic mass is 32.2. The summed E-state index contributed by atoms with van der Waals surface area (Å²) in [5, 5.41) is 8.94. The van der Waals surface area contributed by atoms with Gasteiger partial charge in [-0.2, -0.15) is 0 Å². The van der Waals surface area contributed by atoms with Crippen LogP contribution in [-0.4, -0.2) is 92.5 Å². The Balaban J connectivity index is 1.04. The van der Waals surface area contributed by atoms with Crippen molar-refractivity contribution in [1.82, 2.24) is 29.2 Å². The lowest BCUT2D eigenvalue weighted by Crippen LogP contribution is -2.58. The first-order valence-electron chi connectivity index (χ1n) is 18.6. The minimum atomic E-state index is -3.79. The van der Waals surface area contributed by atoms with E-state index < -0.39 is 20.0 Å². The molecule has 0 aliphatic carbocycles. The number of hydrogen-bond donors (Lipinski definition) is 3. The highest BCUT2D eigenvalue weighted by Crippen LogP contribution is 2.34. The van der Waals surface area contributed by atoms with Crippen LogP contribution in [0, 0.1) is 19.3 Å². The standard InChI is InChI=1S/C40H52N8O4S2/c1-31-38(32(2)43-30-42-31)39(41)46-25-20-40(3,21-26-46)47-23-18-36(19-24-47)48(29-34-10-6-4-7-11-34)35-16-14-33(15-17-35)28-45-53(49,50)27-22-44-54(51,52)37-12-8-5-9-13-37/h4-17,30,36,41,44-45H,18-29H2,1-3H3. The summed E-state index contributed by atoms with van der Waals surface area (Å²) in [6.45, 7) is 10.6. The van der Waals surface area contributed by atoms with Crippen LogP contribution in [0.15, 0.2) is 96.2 Å². The number of amidine groups is 1. The minimum Gasteiger partial charge on any atom is -0.364 e. The molecule has 2 fully saturated rings. The number of nitrogens with zero attached hydrogens (tertiary/aromatic N) is 5. The highest BCUT2D eigenvalue weighted by Gasteiger charge is 2.39. The van der Waals surface area contributed by atoms with Crippen LogP contribution < -0.4 is 14.3 Å². The van der Waals surface area contributed by atoms with Crippen LogP contribution >= 0.6 is 0 Å². The molecule has 288 valence electrons. The van der Waals surface area contributed by atoms with Crippen molar-refractivity contribution in [3.63, 3.8) is 0 Å². The molecule has 0 spiro atoms. The summed E-state index contributed by atoms with van der Waals surface area (Å²) in [6.07, 6.45) is 5.60. The van der Waals surface area contributed by atoms with Crippen LogP contribution in [0.2, 0.25) is 0 Å². The first-order chi connectivity index (χ1) is 25.8. The van der Waals surface area contributed by atoms with Crippen molar-refractivity contribution in [2.24, 2.45) is 0 Å².